The van der Waals surface area contributed by atoms with E-state index in [1.54, 1.807) is 10.8 Å². The minimum Gasteiger partial charge on any atom is -0.396 e. The Balaban J connectivity index is 1.66. The molecule has 4 rings (SSSR count). The van der Waals surface area contributed by atoms with Crippen molar-refractivity contribution in [3.05, 3.63) is 68.1 Å². The average molecular weight is 599 g/mol. The molecule has 4 amide bonds. The molecule has 2 atom stereocenters. The molecule has 0 aliphatic carbocycles. The van der Waals surface area contributed by atoms with Crippen LogP contribution in [0.1, 0.15) is 75.3 Å². The molecule has 1 aromatic carbocycles. The lowest BCUT2D eigenvalue weighted by atomic mass is 10.0. The van der Waals surface area contributed by atoms with E-state index in [1.807, 2.05) is 44.2 Å². The molecule has 3 heterocycles. The zero-order valence-corrected chi connectivity index (χ0v) is 24.6. The summed E-state index contributed by atoms with van der Waals surface area (Å²) in [6.45, 7) is 3.85. The van der Waals surface area contributed by atoms with Gasteiger partial charge in [-0.05, 0) is 24.3 Å². The molecule has 0 spiro atoms. The van der Waals surface area contributed by atoms with Crippen molar-refractivity contribution in [2.45, 2.75) is 45.2 Å². The summed E-state index contributed by atoms with van der Waals surface area (Å²) < 4.78 is 0. The molecule has 0 saturated heterocycles. The number of carbonyl (C=O) groups is 4. The summed E-state index contributed by atoms with van der Waals surface area (Å²) in [7, 11) is 0. The average Bonchev–Trinajstić information content (AvgIpc) is 3.64. The fourth-order valence-electron chi connectivity index (χ4n) is 4.39. The SMILES string of the molecule is CC(C)[C@@H]1NC(=O)c2csc(n2)[C@H](Cc2ccccc2)NC(=O)CN(C(=O)CCO)CCCNC(=O)c2csc1n2. The molecule has 4 N–H and O–H groups in total. The third-order valence-corrected chi connectivity index (χ3v) is 8.43. The fraction of sp³-hybridized carbons (Fsp3) is 0.429. The van der Waals surface area contributed by atoms with Gasteiger partial charge >= 0.3 is 0 Å². The third kappa shape index (κ3) is 8.18. The predicted octanol–water partition coefficient (Wildman–Crippen LogP) is 2.47. The van der Waals surface area contributed by atoms with Gasteiger partial charge in [-0.2, -0.15) is 0 Å². The smallest absolute Gasteiger partial charge is 0.271 e. The third-order valence-electron chi connectivity index (χ3n) is 6.55. The highest BCUT2D eigenvalue weighted by Gasteiger charge is 2.27. The monoisotopic (exact) mass is 598 g/mol. The van der Waals surface area contributed by atoms with Crippen molar-refractivity contribution >= 4 is 46.3 Å². The lowest BCUT2D eigenvalue weighted by Gasteiger charge is -2.24. The van der Waals surface area contributed by atoms with E-state index in [9.17, 15) is 24.3 Å². The first-order valence-electron chi connectivity index (χ1n) is 13.5. The van der Waals surface area contributed by atoms with Crippen molar-refractivity contribution in [2.24, 2.45) is 5.92 Å². The molecule has 218 valence electrons. The summed E-state index contributed by atoms with van der Waals surface area (Å²) >= 11 is 2.57. The molecule has 0 radical (unpaired) electrons. The maximum atomic E-state index is 13.3. The first-order chi connectivity index (χ1) is 19.7. The maximum Gasteiger partial charge on any atom is 0.271 e. The number of hydrogen-bond acceptors (Lipinski definition) is 9. The summed E-state index contributed by atoms with van der Waals surface area (Å²) in [6.07, 6.45) is 0.728. The predicted molar refractivity (Wildman–Crippen MR) is 156 cm³/mol. The van der Waals surface area contributed by atoms with E-state index in [2.05, 4.69) is 25.9 Å². The van der Waals surface area contributed by atoms with E-state index in [0.29, 0.717) is 22.9 Å². The summed E-state index contributed by atoms with van der Waals surface area (Å²) in [5.41, 5.74) is 1.44. The molecule has 3 aromatic rings. The van der Waals surface area contributed by atoms with Gasteiger partial charge in [-0.25, -0.2) is 9.97 Å². The van der Waals surface area contributed by atoms with Crippen molar-refractivity contribution < 1.29 is 24.3 Å². The molecule has 1 aliphatic rings. The van der Waals surface area contributed by atoms with Crippen molar-refractivity contribution in [2.75, 3.05) is 26.2 Å². The molecular formula is C28H34N6O5S2. The highest BCUT2D eigenvalue weighted by molar-refractivity contribution is 7.10. The van der Waals surface area contributed by atoms with Crippen LogP contribution >= 0.6 is 22.7 Å². The number of hydrogen-bond donors (Lipinski definition) is 4. The lowest BCUT2D eigenvalue weighted by Crippen LogP contribution is -2.43. The van der Waals surface area contributed by atoms with Crippen molar-refractivity contribution in [1.82, 2.24) is 30.8 Å². The number of thiazole rings is 2. The minimum atomic E-state index is -0.532. The summed E-state index contributed by atoms with van der Waals surface area (Å²) in [5, 5.41) is 22.6. The van der Waals surface area contributed by atoms with Crippen molar-refractivity contribution in [3.63, 3.8) is 0 Å². The van der Waals surface area contributed by atoms with Crippen molar-refractivity contribution in [1.29, 1.82) is 0 Å². The number of nitrogens with one attached hydrogen (secondary N) is 3. The number of nitrogens with zero attached hydrogens (tertiary/aromatic N) is 3. The van der Waals surface area contributed by atoms with E-state index in [4.69, 9.17) is 0 Å². The number of aromatic nitrogens is 2. The van der Waals surface area contributed by atoms with Gasteiger partial charge in [0.25, 0.3) is 11.8 Å². The molecule has 41 heavy (non-hydrogen) atoms. The standard InChI is InChI=1S/C28H34N6O5S2/c1-17(2)24-28-32-20(15-41-28)25(38)29-10-6-11-34(23(37)9-12-35)14-22(36)30-19(13-18-7-4-3-5-8-18)27-31-21(16-40-27)26(39)33-24/h3-5,7-8,15-17,19,24,35H,6,9-14H2,1-2H3,(H,29,38)(H,30,36)(H,33,39)/t19-,24-/m0/s1. The summed E-state index contributed by atoms with van der Waals surface area (Å²) in [5.74, 6) is -1.50. The zero-order valence-electron chi connectivity index (χ0n) is 23.0. The maximum absolute atomic E-state index is 13.3. The molecule has 1 aliphatic heterocycles. The minimum absolute atomic E-state index is 0.000726. The highest BCUT2D eigenvalue weighted by Crippen LogP contribution is 2.27. The van der Waals surface area contributed by atoms with Crippen LogP contribution in [-0.4, -0.2) is 69.8 Å². The highest BCUT2D eigenvalue weighted by atomic mass is 32.1. The van der Waals surface area contributed by atoms with E-state index in [-0.39, 0.29) is 67.7 Å². The Kier molecular flexibility index (Phi) is 10.6. The Labute approximate surface area is 246 Å². The first kappa shape index (κ1) is 30.3. The normalized spacial score (nSPS) is 19.0. The van der Waals surface area contributed by atoms with Gasteiger partial charge in [-0.1, -0.05) is 44.2 Å². The number of amides is 4. The molecule has 0 saturated carbocycles. The topological polar surface area (TPSA) is 154 Å². The number of fused-ring (bicyclic) bond motifs is 4. The van der Waals surface area contributed by atoms with Crippen LogP contribution in [0, 0.1) is 5.92 Å². The zero-order chi connectivity index (χ0) is 29.4. The Morgan fingerprint density at radius 2 is 1.71 bits per heavy atom. The molecule has 2 aromatic heterocycles. The van der Waals surface area contributed by atoms with Crippen LogP contribution in [0.4, 0.5) is 0 Å². The number of aliphatic hydroxyl groups is 1. The van der Waals surface area contributed by atoms with E-state index < -0.39 is 18.0 Å². The molecule has 0 fully saturated rings. The van der Waals surface area contributed by atoms with Gasteiger partial charge in [-0.3, -0.25) is 19.2 Å². The van der Waals surface area contributed by atoms with Gasteiger partial charge in [0.2, 0.25) is 11.8 Å². The first-order valence-corrected chi connectivity index (χ1v) is 15.2. The summed E-state index contributed by atoms with van der Waals surface area (Å²) in [6, 6.07) is 8.66. The second-order valence-electron chi connectivity index (χ2n) is 10.0. The molecule has 0 unspecified atom stereocenters. The lowest BCUT2D eigenvalue weighted by molar-refractivity contribution is -0.136. The van der Waals surface area contributed by atoms with Gasteiger partial charge in [0.15, 0.2) is 0 Å². The Hall–Kier alpha value is -3.68. The van der Waals surface area contributed by atoms with Gasteiger partial charge in [0, 0.05) is 30.3 Å². The Morgan fingerprint density at radius 3 is 2.41 bits per heavy atom. The van der Waals surface area contributed by atoms with Gasteiger partial charge < -0.3 is 26.0 Å². The quantitative estimate of drug-likeness (QED) is 0.352. The summed E-state index contributed by atoms with van der Waals surface area (Å²) in [4.78, 5) is 62.3. The molecule has 4 bridgehead atoms. The number of rotatable bonds is 5. The van der Waals surface area contributed by atoms with E-state index in [0.717, 1.165) is 5.56 Å². The molecule has 13 heteroatoms. The van der Waals surface area contributed by atoms with Crippen molar-refractivity contribution in [3.8, 4) is 0 Å². The number of carbonyl (C=O) groups excluding carboxylic acids is 4. The second-order valence-corrected chi connectivity index (χ2v) is 11.8. The van der Waals surface area contributed by atoms with Gasteiger partial charge in [0.05, 0.1) is 25.2 Å². The molecular weight excluding hydrogens is 564 g/mol. The number of benzene rings is 1. The second kappa shape index (κ2) is 14.3. The molecule has 11 nitrogen and oxygen atoms in total. The largest absolute Gasteiger partial charge is 0.396 e. The fourth-order valence-corrected chi connectivity index (χ4v) is 6.26. The van der Waals surface area contributed by atoms with Crippen LogP contribution < -0.4 is 16.0 Å². The van der Waals surface area contributed by atoms with Gasteiger partial charge in [0.1, 0.15) is 21.4 Å². The van der Waals surface area contributed by atoms with E-state index in [1.165, 1.54) is 27.6 Å². The Bertz CT molecular complexity index is 1360. The van der Waals surface area contributed by atoms with Crippen LogP contribution in [0.2, 0.25) is 0 Å². The van der Waals surface area contributed by atoms with E-state index >= 15 is 0 Å². The Morgan fingerprint density at radius 1 is 1.02 bits per heavy atom. The van der Waals surface area contributed by atoms with Crippen LogP contribution in [-0.2, 0) is 16.0 Å². The van der Waals surface area contributed by atoms with Crippen LogP contribution in [0.3, 0.4) is 0 Å². The van der Waals surface area contributed by atoms with Crippen LogP contribution in [0.25, 0.3) is 0 Å². The van der Waals surface area contributed by atoms with Crippen LogP contribution in [0.15, 0.2) is 41.1 Å². The van der Waals surface area contributed by atoms with Gasteiger partial charge in [-0.15, -0.1) is 22.7 Å². The number of aliphatic hydroxyl groups excluding tert-OH is 1. The van der Waals surface area contributed by atoms with Crippen LogP contribution in [0.5, 0.6) is 0 Å².